The van der Waals surface area contributed by atoms with Gasteiger partial charge in [0.1, 0.15) is 11.5 Å². The average molecular weight is 423 g/mol. The highest BCUT2D eigenvalue weighted by Crippen LogP contribution is 2.37. The van der Waals surface area contributed by atoms with E-state index in [1.807, 2.05) is 31.2 Å². The fourth-order valence-electron chi connectivity index (χ4n) is 4.65. The second kappa shape index (κ2) is 12.5. The molecule has 1 saturated carbocycles. The monoisotopic (exact) mass is 422 g/mol. The molecule has 0 spiro atoms. The third-order valence-electron chi connectivity index (χ3n) is 6.53. The smallest absolute Gasteiger partial charge is 0.343 e. The predicted molar refractivity (Wildman–Crippen MR) is 127 cm³/mol. The van der Waals surface area contributed by atoms with Crippen LogP contribution in [0.2, 0.25) is 0 Å². The number of hydrogen-bond donors (Lipinski definition) is 0. The van der Waals surface area contributed by atoms with Crippen molar-refractivity contribution in [2.24, 2.45) is 5.92 Å². The molecule has 1 aliphatic carbocycles. The molecule has 0 atom stereocenters. The Bertz CT molecular complexity index is 771. The van der Waals surface area contributed by atoms with E-state index in [4.69, 9.17) is 9.47 Å². The third-order valence-corrected chi connectivity index (χ3v) is 6.53. The normalized spacial score (nSPS) is 18.5. The third kappa shape index (κ3) is 7.41. The summed E-state index contributed by atoms with van der Waals surface area (Å²) in [5.74, 6) is 2.54. The first-order chi connectivity index (χ1) is 15.2. The maximum absolute atomic E-state index is 12.5. The molecular formula is C28H38O3. The van der Waals surface area contributed by atoms with Crippen molar-refractivity contribution in [3.63, 3.8) is 0 Å². The van der Waals surface area contributed by atoms with Crippen molar-refractivity contribution in [3.05, 3.63) is 59.7 Å². The van der Waals surface area contributed by atoms with Crippen LogP contribution < -0.4 is 9.47 Å². The van der Waals surface area contributed by atoms with Crippen molar-refractivity contribution in [2.45, 2.75) is 84.0 Å². The highest BCUT2D eigenvalue weighted by molar-refractivity contribution is 5.91. The highest BCUT2D eigenvalue weighted by Gasteiger charge is 2.22. The number of ether oxygens (including phenoxy) is 2. The molecule has 0 saturated heterocycles. The lowest BCUT2D eigenvalue weighted by atomic mass is 9.77. The van der Waals surface area contributed by atoms with Crippen molar-refractivity contribution < 1.29 is 14.3 Å². The molecule has 0 N–H and O–H groups in total. The zero-order valence-corrected chi connectivity index (χ0v) is 19.3. The van der Waals surface area contributed by atoms with E-state index in [-0.39, 0.29) is 5.97 Å². The molecule has 3 rings (SSSR count). The molecule has 0 radical (unpaired) electrons. The Morgan fingerprint density at radius 3 is 2.10 bits per heavy atom. The van der Waals surface area contributed by atoms with Gasteiger partial charge in [0.2, 0.25) is 0 Å². The Hall–Kier alpha value is -2.29. The lowest BCUT2D eigenvalue weighted by molar-refractivity contribution is 0.0734. The molecule has 3 heteroatoms. The van der Waals surface area contributed by atoms with E-state index < -0.39 is 0 Å². The van der Waals surface area contributed by atoms with Crippen molar-refractivity contribution in [3.8, 4) is 11.5 Å². The van der Waals surface area contributed by atoms with Crippen LogP contribution in [-0.2, 0) is 0 Å². The van der Waals surface area contributed by atoms with Gasteiger partial charge in [-0.05, 0) is 86.4 Å². The summed E-state index contributed by atoms with van der Waals surface area (Å²) in [7, 11) is 0. The number of carbonyl (C=O) groups is 1. The first kappa shape index (κ1) is 23.4. The minimum absolute atomic E-state index is 0.317. The van der Waals surface area contributed by atoms with Gasteiger partial charge >= 0.3 is 5.97 Å². The van der Waals surface area contributed by atoms with Crippen molar-refractivity contribution in [1.29, 1.82) is 0 Å². The number of esters is 1. The van der Waals surface area contributed by atoms with Gasteiger partial charge in [0.15, 0.2) is 0 Å². The van der Waals surface area contributed by atoms with Crippen LogP contribution >= 0.6 is 0 Å². The topological polar surface area (TPSA) is 35.5 Å². The Balaban J connectivity index is 1.44. The lowest BCUT2D eigenvalue weighted by Gasteiger charge is -2.29. The van der Waals surface area contributed by atoms with Gasteiger partial charge < -0.3 is 9.47 Å². The van der Waals surface area contributed by atoms with Gasteiger partial charge in [-0.1, -0.05) is 57.6 Å². The van der Waals surface area contributed by atoms with E-state index in [0.29, 0.717) is 23.8 Å². The Morgan fingerprint density at radius 2 is 1.45 bits per heavy atom. The maximum Gasteiger partial charge on any atom is 0.343 e. The molecule has 0 aromatic heterocycles. The SMILES string of the molecule is CCCCCCCC1CCC(c2ccc(C(=O)Oc3ccc(OCC)cc3)cc2)CC1. The first-order valence-electron chi connectivity index (χ1n) is 12.2. The molecule has 168 valence electrons. The van der Waals surface area contributed by atoms with Crippen LogP contribution in [0.5, 0.6) is 11.5 Å². The average Bonchev–Trinajstić information content (AvgIpc) is 2.81. The fourth-order valence-corrected chi connectivity index (χ4v) is 4.65. The van der Waals surface area contributed by atoms with E-state index >= 15 is 0 Å². The van der Waals surface area contributed by atoms with Crippen LogP contribution in [-0.4, -0.2) is 12.6 Å². The maximum atomic E-state index is 12.5. The zero-order valence-electron chi connectivity index (χ0n) is 19.3. The number of unbranched alkanes of at least 4 members (excludes halogenated alkanes) is 4. The summed E-state index contributed by atoms with van der Waals surface area (Å²) in [6, 6.07) is 15.2. The second-order valence-electron chi connectivity index (χ2n) is 8.84. The summed E-state index contributed by atoms with van der Waals surface area (Å²) < 4.78 is 10.9. The molecule has 31 heavy (non-hydrogen) atoms. The zero-order chi connectivity index (χ0) is 21.9. The molecule has 3 nitrogen and oxygen atoms in total. The van der Waals surface area contributed by atoms with E-state index in [2.05, 4.69) is 19.1 Å². The number of carbonyl (C=O) groups excluding carboxylic acids is 1. The van der Waals surface area contributed by atoms with Gasteiger partial charge in [-0.2, -0.15) is 0 Å². The van der Waals surface area contributed by atoms with E-state index in [1.165, 1.54) is 69.8 Å². The summed E-state index contributed by atoms with van der Waals surface area (Å²) in [6.45, 7) is 4.84. The molecule has 0 aliphatic heterocycles. The Morgan fingerprint density at radius 1 is 0.806 bits per heavy atom. The Labute approximate surface area is 188 Å². The minimum Gasteiger partial charge on any atom is -0.494 e. The quantitative estimate of drug-likeness (QED) is 0.209. The van der Waals surface area contributed by atoms with Gasteiger partial charge in [-0.15, -0.1) is 0 Å². The molecule has 2 aromatic rings. The van der Waals surface area contributed by atoms with Gasteiger partial charge in [-0.25, -0.2) is 4.79 Å². The van der Waals surface area contributed by atoms with Crippen LogP contribution in [0.25, 0.3) is 0 Å². The van der Waals surface area contributed by atoms with Crippen LogP contribution in [0.3, 0.4) is 0 Å². The number of rotatable bonds is 11. The number of hydrogen-bond acceptors (Lipinski definition) is 3. The van der Waals surface area contributed by atoms with Gasteiger partial charge in [-0.3, -0.25) is 0 Å². The minimum atomic E-state index is -0.317. The molecule has 2 aromatic carbocycles. The highest BCUT2D eigenvalue weighted by atomic mass is 16.5. The van der Waals surface area contributed by atoms with E-state index in [0.717, 1.165) is 11.7 Å². The molecule has 1 aliphatic rings. The van der Waals surface area contributed by atoms with Gasteiger partial charge in [0.25, 0.3) is 0 Å². The molecule has 0 bridgehead atoms. The largest absolute Gasteiger partial charge is 0.494 e. The van der Waals surface area contributed by atoms with Crippen molar-refractivity contribution in [1.82, 2.24) is 0 Å². The first-order valence-corrected chi connectivity index (χ1v) is 12.2. The summed E-state index contributed by atoms with van der Waals surface area (Å²) in [5, 5.41) is 0. The summed E-state index contributed by atoms with van der Waals surface area (Å²) >= 11 is 0. The van der Waals surface area contributed by atoms with Crippen LogP contribution in [0, 0.1) is 5.92 Å². The molecule has 0 unspecified atom stereocenters. The van der Waals surface area contributed by atoms with E-state index in [9.17, 15) is 4.79 Å². The molecule has 0 amide bonds. The molecule has 1 fully saturated rings. The Kier molecular flexibility index (Phi) is 9.45. The van der Waals surface area contributed by atoms with Crippen molar-refractivity contribution >= 4 is 5.97 Å². The second-order valence-corrected chi connectivity index (χ2v) is 8.84. The van der Waals surface area contributed by atoms with Gasteiger partial charge in [0, 0.05) is 0 Å². The predicted octanol–water partition coefficient (Wildman–Crippen LogP) is 7.94. The van der Waals surface area contributed by atoms with Crippen LogP contribution in [0.4, 0.5) is 0 Å². The van der Waals surface area contributed by atoms with Crippen LogP contribution in [0.1, 0.15) is 99.9 Å². The van der Waals surface area contributed by atoms with Crippen molar-refractivity contribution in [2.75, 3.05) is 6.61 Å². The summed E-state index contributed by atoms with van der Waals surface area (Å²) in [4.78, 5) is 12.5. The fraction of sp³-hybridized carbons (Fsp3) is 0.536. The molecule has 0 heterocycles. The number of benzene rings is 2. The van der Waals surface area contributed by atoms with Gasteiger partial charge in [0.05, 0.1) is 12.2 Å². The summed E-state index contributed by atoms with van der Waals surface area (Å²) in [6.07, 6.45) is 13.6. The standard InChI is InChI=1S/C28H38O3/c1-3-5-6-7-8-9-22-10-12-23(13-11-22)24-14-16-25(17-15-24)28(29)31-27-20-18-26(19-21-27)30-4-2/h14-23H,3-13H2,1-2H3. The summed E-state index contributed by atoms with van der Waals surface area (Å²) in [5.41, 5.74) is 1.96. The lowest BCUT2D eigenvalue weighted by Crippen LogP contribution is -2.14. The van der Waals surface area contributed by atoms with E-state index in [1.54, 1.807) is 12.1 Å². The van der Waals surface area contributed by atoms with Crippen LogP contribution in [0.15, 0.2) is 48.5 Å². The molecular weight excluding hydrogens is 384 g/mol.